The Morgan fingerprint density at radius 1 is 0.893 bits per heavy atom. The van der Waals surface area contributed by atoms with E-state index in [-0.39, 0.29) is 15.6 Å². The second kappa shape index (κ2) is 8.42. The molecule has 0 aliphatic heterocycles. The van der Waals surface area contributed by atoms with E-state index in [1.165, 1.54) is 17.7 Å². The van der Waals surface area contributed by atoms with Crippen molar-refractivity contribution in [2.24, 2.45) is 0 Å². The summed E-state index contributed by atoms with van der Waals surface area (Å²) in [5, 5.41) is 5.07. The first kappa shape index (κ1) is 19.9. The Morgan fingerprint density at radius 2 is 1.54 bits per heavy atom. The van der Waals surface area contributed by atoms with E-state index in [9.17, 15) is 9.59 Å². The third-order valence-corrected chi connectivity index (χ3v) is 4.74. The fourth-order valence-corrected chi connectivity index (χ4v) is 3.27. The van der Waals surface area contributed by atoms with E-state index in [4.69, 9.17) is 23.2 Å². The minimum Gasteiger partial charge on any atom is -0.292 e. The van der Waals surface area contributed by atoms with Crippen LogP contribution in [0.1, 0.15) is 21.6 Å². The van der Waals surface area contributed by atoms with Gasteiger partial charge >= 0.3 is 6.03 Å². The van der Waals surface area contributed by atoms with Gasteiger partial charge in [0.05, 0.1) is 15.6 Å². The number of anilines is 1. The Kier molecular flexibility index (Phi) is 5.97. The molecule has 2 aromatic carbocycles. The summed E-state index contributed by atoms with van der Waals surface area (Å²) >= 11 is 12.0. The Hall–Kier alpha value is -2.89. The molecule has 7 heteroatoms. The molecule has 0 radical (unpaired) electrons. The maximum atomic E-state index is 12.3. The van der Waals surface area contributed by atoms with Gasteiger partial charge in [0.1, 0.15) is 5.82 Å². The van der Waals surface area contributed by atoms with Crippen LogP contribution in [0.15, 0.2) is 54.6 Å². The molecule has 3 amide bonds. The summed E-state index contributed by atoms with van der Waals surface area (Å²) in [6.07, 6.45) is 0. The minimum absolute atomic E-state index is 0.0415. The first-order chi connectivity index (χ1) is 13.3. The van der Waals surface area contributed by atoms with Gasteiger partial charge in [-0.25, -0.2) is 9.78 Å². The SMILES string of the molecule is Cc1ccc(-c2ccc(NC(=O)NC(=O)c3c(Cl)cccc3Cl)nc2C)cc1. The van der Waals surface area contributed by atoms with Crippen LogP contribution < -0.4 is 10.6 Å². The van der Waals surface area contributed by atoms with Crippen LogP contribution in [0.4, 0.5) is 10.6 Å². The fraction of sp³-hybridized carbons (Fsp3) is 0.0952. The maximum Gasteiger partial charge on any atom is 0.327 e. The van der Waals surface area contributed by atoms with Gasteiger partial charge in [-0.05, 0) is 43.7 Å². The van der Waals surface area contributed by atoms with E-state index in [2.05, 4.69) is 15.6 Å². The highest BCUT2D eigenvalue weighted by atomic mass is 35.5. The summed E-state index contributed by atoms with van der Waals surface area (Å²) in [6.45, 7) is 3.88. The largest absolute Gasteiger partial charge is 0.327 e. The second-order valence-electron chi connectivity index (χ2n) is 6.20. The summed E-state index contributed by atoms with van der Waals surface area (Å²) in [5.41, 5.74) is 3.97. The summed E-state index contributed by atoms with van der Waals surface area (Å²) in [7, 11) is 0. The molecule has 2 N–H and O–H groups in total. The normalized spacial score (nSPS) is 10.4. The van der Waals surface area contributed by atoms with Crippen molar-refractivity contribution < 1.29 is 9.59 Å². The van der Waals surface area contributed by atoms with Crippen molar-refractivity contribution in [3.05, 3.63) is 81.5 Å². The van der Waals surface area contributed by atoms with E-state index in [1.807, 2.05) is 44.2 Å². The van der Waals surface area contributed by atoms with Crippen LogP contribution in [0.2, 0.25) is 10.0 Å². The number of carbonyl (C=O) groups excluding carboxylic acids is 2. The molecule has 0 aliphatic carbocycles. The number of rotatable bonds is 3. The predicted octanol–water partition coefficient (Wildman–Crippen LogP) is 5.63. The lowest BCUT2D eigenvalue weighted by molar-refractivity contribution is 0.0967. The van der Waals surface area contributed by atoms with Crippen LogP contribution in [0.3, 0.4) is 0 Å². The zero-order valence-electron chi connectivity index (χ0n) is 15.2. The molecule has 142 valence electrons. The van der Waals surface area contributed by atoms with Crippen molar-refractivity contribution in [2.75, 3.05) is 5.32 Å². The molecule has 1 heterocycles. The van der Waals surface area contributed by atoms with E-state index >= 15 is 0 Å². The first-order valence-electron chi connectivity index (χ1n) is 8.46. The van der Waals surface area contributed by atoms with Crippen molar-refractivity contribution >= 4 is 41.0 Å². The Bertz CT molecular complexity index is 1030. The number of hydrogen-bond donors (Lipinski definition) is 2. The molecule has 5 nitrogen and oxygen atoms in total. The number of carbonyl (C=O) groups is 2. The number of urea groups is 1. The van der Waals surface area contributed by atoms with Crippen molar-refractivity contribution in [1.29, 1.82) is 0 Å². The molecule has 0 aliphatic rings. The third-order valence-electron chi connectivity index (χ3n) is 4.11. The van der Waals surface area contributed by atoms with Gasteiger partial charge in [0, 0.05) is 11.3 Å². The van der Waals surface area contributed by atoms with Crippen molar-refractivity contribution in [2.45, 2.75) is 13.8 Å². The number of aryl methyl sites for hydroxylation is 2. The molecule has 0 saturated carbocycles. The number of pyridine rings is 1. The molecule has 1 aromatic heterocycles. The monoisotopic (exact) mass is 413 g/mol. The lowest BCUT2D eigenvalue weighted by Gasteiger charge is -2.11. The number of hydrogen-bond acceptors (Lipinski definition) is 3. The molecule has 0 spiro atoms. The predicted molar refractivity (Wildman–Crippen MR) is 112 cm³/mol. The number of imide groups is 1. The van der Waals surface area contributed by atoms with Crippen molar-refractivity contribution in [1.82, 2.24) is 10.3 Å². The molecule has 3 aromatic rings. The van der Waals surface area contributed by atoms with Gasteiger partial charge in [-0.2, -0.15) is 0 Å². The first-order valence-corrected chi connectivity index (χ1v) is 9.22. The number of nitrogens with zero attached hydrogens (tertiary/aromatic N) is 1. The number of halogens is 2. The van der Waals surface area contributed by atoms with E-state index in [0.717, 1.165) is 16.8 Å². The van der Waals surface area contributed by atoms with Crippen LogP contribution in [0.5, 0.6) is 0 Å². The van der Waals surface area contributed by atoms with Crippen LogP contribution in [-0.2, 0) is 0 Å². The maximum absolute atomic E-state index is 12.3. The van der Waals surface area contributed by atoms with Crippen LogP contribution in [0, 0.1) is 13.8 Å². The number of benzene rings is 2. The topological polar surface area (TPSA) is 71.1 Å². The molecule has 0 fully saturated rings. The lowest BCUT2D eigenvalue weighted by Crippen LogP contribution is -2.35. The van der Waals surface area contributed by atoms with Gasteiger partial charge in [0.25, 0.3) is 5.91 Å². The average molecular weight is 414 g/mol. The summed E-state index contributed by atoms with van der Waals surface area (Å²) < 4.78 is 0. The van der Waals surface area contributed by atoms with Gasteiger partial charge < -0.3 is 0 Å². The standard InChI is InChI=1S/C21H17Cl2N3O2/c1-12-6-8-14(9-7-12)15-10-11-18(24-13(15)2)25-21(28)26-20(27)19-16(22)4-3-5-17(19)23/h3-11H,1-2H3,(H2,24,25,26,27,28). The second-order valence-corrected chi connectivity index (χ2v) is 7.01. The molecular weight excluding hydrogens is 397 g/mol. The highest BCUT2D eigenvalue weighted by Gasteiger charge is 2.17. The van der Waals surface area contributed by atoms with Gasteiger partial charge in [-0.3, -0.25) is 15.4 Å². The number of nitrogens with one attached hydrogen (secondary N) is 2. The molecule has 0 bridgehead atoms. The van der Waals surface area contributed by atoms with Crippen LogP contribution in [-0.4, -0.2) is 16.9 Å². The fourth-order valence-electron chi connectivity index (χ4n) is 2.70. The minimum atomic E-state index is -0.726. The highest BCUT2D eigenvalue weighted by molar-refractivity contribution is 6.40. The Balaban J connectivity index is 1.71. The van der Waals surface area contributed by atoms with E-state index < -0.39 is 11.9 Å². The molecule has 28 heavy (non-hydrogen) atoms. The third kappa shape index (κ3) is 4.50. The van der Waals surface area contributed by atoms with Gasteiger partial charge in [-0.15, -0.1) is 0 Å². The Morgan fingerprint density at radius 3 is 2.14 bits per heavy atom. The lowest BCUT2D eigenvalue weighted by atomic mass is 10.0. The molecule has 0 atom stereocenters. The molecule has 0 unspecified atom stereocenters. The molecular formula is C21H17Cl2N3O2. The van der Waals surface area contributed by atoms with Gasteiger partial charge in [0.2, 0.25) is 0 Å². The number of amides is 3. The van der Waals surface area contributed by atoms with Crippen molar-refractivity contribution in [3.8, 4) is 11.1 Å². The zero-order valence-corrected chi connectivity index (χ0v) is 16.7. The van der Waals surface area contributed by atoms with E-state index in [0.29, 0.717) is 5.82 Å². The molecule has 0 saturated heterocycles. The summed E-state index contributed by atoms with van der Waals surface area (Å²) in [4.78, 5) is 28.8. The van der Waals surface area contributed by atoms with Gasteiger partial charge in [0.15, 0.2) is 0 Å². The summed E-state index contributed by atoms with van der Waals surface area (Å²) in [5.74, 6) is -0.370. The van der Waals surface area contributed by atoms with Crippen molar-refractivity contribution in [3.63, 3.8) is 0 Å². The smallest absolute Gasteiger partial charge is 0.292 e. The van der Waals surface area contributed by atoms with Crippen LogP contribution in [0.25, 0.3) is 11.1 Å². The van der Waals surface area contributed by atoms with Crippen LogP contribution >= 0.6 is 23.2 Å². The average Bonchev–Trinajstić information content (AvgIpc) is 2.62. The van der Waals surface area contributed by atoms with E-state index in [1.54, 1.807) is 12.1 Å². The highest BCUT2D eigenvalue weighted by Crippen LogP contribution is 2.25. The van der Waals surface area contributed by atoms with Gasteiger partial charge in [-0.1, -0.05) is 59.1 Å². The number of aromatic nitrogens is 1. The summed E-state index contributed by atoms with van der Waals surface area (Å²) in [6, 6.07) is 15.6. The molecule has 3 rings (SSSR count). The Labute approximate surface area is 172 Å². The zero-order chi connectivity index (χ0) is 20.3. The quantitative estimate of drug-likeness (QED) is 0.583.